The second-order valence-electron chi connectivity index (χ2n) is 18.4. The zero-order valence-corrected chi connectivity index (χ0v) is 32.0. The van der Waals surface area contributed by atoms with Gasteiger partial charge in [-0.05, 0) is 121 Å². The topological polar surface area (TPSA) is 41.8 Å². The highest BCUT2D eigenvalue weighted by molar-refractivity contribution is 6.12. The first-order valence-electron chi connectivity index (χ1n) is 18.0. The molecule has 0 bridgehead atoms. The summed E-state index contributed by atoms with van der Waals surface area (Å²) in [6.45, 7) is 27.6. The number of aromatic amines is 1. The van der Waals surface area contributed by atoms with Crippen LogP contribution >= 0.6 is 0 Å². The molecule has 1 N–H and O–H groups in total. The quantitative estimate of drug-likeness (QED) is 0.205. The lowest BCUT2D eigenvalue weighted by Gasteiger charge is -2.25. The third kappa shape index (κ3) is 6.28. The molecule has 0 aliphatic rings. The van der Waals surface area contributed by atoms with Crippen LogP contribution in [0.1, 0.15) is 105 Å². The van der Waals surface area contributed by atoms with E-state index in [4.69, 9.17) is 9.40 Å². The largest absolute Gasteiger partial charge is 0.446 e. The van der Waals surface area contributed by atoms with Gasteiger partial charge < -0.3 is 9.40 Å². The minimum atomic E-state index is -0.0517. The van der Waals surface area contributed by atoms with Gasteiger partial charge in [-0.1, -0.05) is 107 Å². The zero-order valence-electron chi connectivity index (χ0n) is 32.0. The number of furan rings is 1. The Kier molecular flexibility index (Phi) is 7.75. The fourth-order valence-corrected chi connectivity index (χ4v) is 6.89. The number of aromatic nitrogens is 2. The molecule has 0 aliphatic carbocycles. The van der Waals surface area contributed by atoms with E-state index in [0.717, 1.165) is 16.6 Å². The van der Waals surface area contributed by atoms with Crippen LogP contribution < -0.4 is 0 Å². The monoisotopic (exact) mass is 660 g/mol. The first-order chi connectivity index (χ1) is 23.3. The van der Waals surface area contributed by atoms with Crippen LogP contribution in [0.4, 0.5) is 0 Å². The van der Waals surface area contributed by atoms with Crippen molar-refractivity contribution in [1.82, 2.24) is 9.97 Å². The van der Waals surface area contributed by atoms with E-state index in [2.05, 4.69) is 167 Å². The van der Waals surface area contributed by atoms with Gasteiger partial charge in [-0.3, -0.25) is 0 Å². The van der Waals surface area contributed by atoms with Gasteiger partial charge in [0.15, 0.2) is 0 Å². The summed E-state index contributed by atoms with van der Waals surface area (Å²) in [6, 6.07) is 32.1. The van der Waals surface area contributed by atoms with E-state index in [1.807, 2.05) is 6.07 Å². The average molecular weight is 661 g/mol. The Labute approximate surface area is 298 Å². The number of hydrogen-bond donors (Lipinski definition) is 1. The number of benzene rings is 4. The molecule has 0 aliphatic heterocycles. The van der Waals surface area contributed by atoms with Crippen molar-refractivity contribution in [3.63, 3.8) is 0 Å². The van der Waals surface area contributed by atoms with Crippen molar-refractivity contribution in [3.8, 4) is 33.5 Å². The maximum absolute atomic E-state index is 5.71. The third-order valence-electron chi connectivity index (χ3n) is 10.3. The van der Waals surface area contributed by atoms with Gasteiger partial charge in [-0.25, -0.2) is 4.98 Å². The van der Waals surface area contributed by atoms with Crippen LogP contribution in [0, 0.1) is 0 Å². The summed E-state index contributed by atoms with van der Waals surface area (Å²) in [6.07, 6.45) is 1.71. The Hall–Kier alpha value is -4.63. The molecule has 3 heterocycles. The van der Waals surface area contributed by atoms with Crippen LogP contribution in [0.5, 0.6) is 0 Å². The van der Waals surface area contributed by atoms with Crippen molar-refractivity contribution in [2.24, 2.45) is 0 Å². The number of H-pyrrole nitrogens is 1. The summed E-state index contributed by atoms with van der Waals surface area (Å²) in [5, 5.41) is 3.59. The summed E-state index contributed by atoms with van der Waals surface area (Å²) in [4.78, 5) is 8.80. The number of fused-ring (bicyclic) bond motifs is 4. The van der Waals surface area contributed by atoms with Crippen molar-refractivity contribution in [2.75, 3.05) is 0 Å². The molecule has 3 nitrogen and oxygen atoms in total. The average Bonchev–Trinajstić information content (AvgIpc) is 3.66. The first-order valence-corrected chi connectivity index (χ1v) is 18.0. The predicted molar refractivity (Wildman–Crippen MR) is 214 cm³/mol. The molecule has 7 rings (SSSR count). The molecule has 4 aromatic carbocycles. The van der Waals surface area contributed by atoms with Crippen LogP contribution in [0.25, 0.3) is 66.4 Å². The van der Waals surface area contributed by atoms with Crippen molar-refractivity contribution in [2.45, 2.75) is 105 Å². The van der Waals surface area contributed by atoms with Gasteiger partial charge in [0.05, 0.1) is 17.5 Å². The van der Waals surface area contributed by atoms with Gasteiger partial charge in [0.2, 0.25) is 5.71 Å². The van der Waals surface area contributed by atoms with Crippen molar-refractivity contribution in [3.05, 3.63) is 113 Å². The van der Waals surface area contributed by atoms with E-state index in [-0.39, 0.29) is 21.7 Å². The molecule has 3 heteroatoms. The molecule has 0 saturated carbocycles. The smallest absolute Gasteiger partial charge is 0.226 e. The van der Waals surface area contributed by atoms with E-state index in [1.54, 1.807) is 6.26 Å². The molecule has 50 heavy (non-hydrogen) atoms. The van der Waals surface area contributed by atoms with Gasteiger partial charge in [0.1, 0.15) is 0 Å². The fourth-order valence-electron chi connectivity index (χ4n) is 6.89. The van der Waals surface area contributed by atoms with Crippen molar-refractivity contribution < 1.29 is 4.42 Å². The molecule has 0 spiro atoms. The normalized spacial score (nSPS) is 13.2. The van der Waals surface area contributed by atoms with E-state index in [0.29, 0.717) is 5.71 Å². The van der Waals surface area contributed by atoms with Crippen LogP contribution in [-0.2, 0) is 21.7 Å². The lowest BCUT2D eigenvalue weighted by atomic mass is 9.80. The van der Waals surface area contributed by atoms with Gasteiger partial charge in [-0.15, -0.1) is 0 Å². The minimum absolute atomic E-state index is 0.0172. The first kappa shape index (κ1) is 33.8. The fraction of sp³-hybridized carbons (Fsp3) is 0.340. The summed E-state index contributed by atoms with van der Waals surface area (Å²) in [5.41, 5.74) is 15.1. The SMILES string of the molecule is CC(C)(C)c1cc(-c2cc(-c3cc(C(C)(C)C)cc4c3[nH]c3ccc(C(C)(C)C)cc34)cc(C(C)(C)C)c2)cc(-c2ccc3ccoc3n2)c1. The number of rotatable bonds is 3. The third-order valence-corrected chi connectivity index (χ3v) is 10.3. The van der Waals surface area contributed by atoms with Gasteiger partial charge in [0.25, 0.3) is 0 Å². The Morgan fingerprint density at radius 2 is 1.02 bits per heavy atom. The second-order valence-corrected chi connectivity index (χ2v) is 18.4. The second kappa shape index (κ2) is 11.5. The van der Waals surface area contributed by atoms with Crippen LogP contribution in [0.3, 0.4) is 0 Å². The summed E-state index contributed by atoms with van der Waals surface area (Å²) >= 11 is 0. The molecule has 256 valence electrons. The Bertz CT molecular complexity index is 2410. The standard InChI is InChI=1S/C47H52N2O/c1-44(2,3)33-14-16-41-38(25-33)39-27-36(47(10,11)12)26-37(42(39)48-41)31-19-29(21-34(23-31)45(4,5)6)30-20-32(24-35(22-30)46(7,8)9)40-15-13-28-17-18-50-43(28)49-40/h13-27,48H,1-12H3. The zero-order chi connectivity index (χ0) is 36.0. The molecule has 3 aromatic heterocycles. The van der Waals surface area contributed by atoms with E-state index >= 15 is 0 Å². The molecular weight excluding hydrogens is 609 g/mol. The van der Waals surface area contributed by atoms with Crippen molar-refractivity contribution in [1.29, 1.82) is 0 Å². The lowest BCUT2D eigenvalue weighted by Crippen LogP contribution is -2.13. The molecule has 7 aromatic rings. The van der Waals surface area contributed by atoms with E-state index in [9.17, 15) is 0 Å². The molecule has 0 atom stereocenters. The number of nitrogens with one attached hydrogen (secondary N) is 1. The van der Waals surface area contributed by atoms with Gasteiger partial charge in [0, 0.05) is 32.8 Å². The summed E-state index contributed by atoms with van der Waals surface area (Å²) in [5.74, 6) is 0. The number of hydrogen-bond acceptors (Lipinski definition) is 2. The number of pyridine rings is 1. The Morgan fingerprint density at radius 1 is 0.480 bits per heavy atom. The summed E-state index contributed by atoms with van der Waals surface area (Å²) < 4.78 is 5.71. The highest BCUT2D eigenvalue weighted by atomic mass is 16.3. The molecule has 0 saturated heterocycles. The Morgan fingerprint density at radius 3 is 1.64 bits per heavy atom. The number of nitrogens with zero attached hydrogens (tertiary/aromatic N) is 1. The molecule has 0 fully saturated rings. The lowest BCUT2D eigenvalue weighted by molar-refractivity contribution is 0.589. The predicted octanol–water partition coefficient (Wildman–Crippen LogP) is 13.7. The molecular formula is C47H52N2O. The van der Waals surface area contributed by atoms with Crippen LogP contribution in [-0.4, -0.2) is 9.97 Å². The molecule has 0 unspecified atom stereocenters. The van der Waals surface area contributed by atoms with Gasteiger partial charge >= 0.3 is 0 Å². The summed E-state index contributed by atoms with van der Waals surface area (Å²) in [7, 11) is 0. The van der Waals surface area contributed by atoms with Crippen LogP contribution in [0.15, 0.2) is 95.6 Å². The van der Waals surface area contributed by atoms with E-state index < -0.39 is 0 Å². The highest BCUT2D eigenvalue weighted by Gasteiger charge is 2.24. The van der Waals surface area contributed by atoms with Crippen molar-refractivity contribution >= 4 is 32.9 Å². The highest BCUT2D eigenvalue weighted by Crippen LogP contribution is 2.42. The van der Waals surface area contributed by atoms with E-state index in [1.165, 1.54) is 66.3 Å². The molecule has 0 radical (unpaired) electrons. The molecule has 0 amide bonds. The maximum Gasteiger partial charge on any atom is 0.226 e. The minimum Gasteiger partial charge on any atom is -0.446 e. The maximum atomic E-state index is 5.71. The van der Waals surface area contributed by atoms with Crippen LogP contribution in [0.2, 0.25) is 0 Å². The van der Waals surface area contributed by atoms with Gasteiger partial charge in [-0.2, -0.15) is 0 Å². The Balaban J connectivity index is 1.51.